The molecule has 1 aromatic carbocycles. The number of urea groups is 1. The molecule has 0 bridgehead atoms. The second kappa shape index (κ2) is 45.6. The van der Waals surface area contributed by atoms with Gasteiger partial charge in [0.2, 0.25) is 70.9 Å². The molecule has 0 radical (unpaired) electrons. The number of nitrogens with two attached hydrogens (primary N) is 8. The molecule has 11 atom stereocenters. The zero-order valence-electron chi connectivity index (χ0n) is 58.7. The summed E-state index contributed by atoms with van der Waals surface area (Å²) in [6, 6.07) is -9.77. The molecule has 41 nitrogen and oxygen atoms in total. The largest absolute Gasteiger partial charge is 0.480 e. The number of carbonyl (C=O) groups excluding carboxylic acids is 13. The lowest BCUT2D eigenvalue weighted by molar-refractivity contribution is -0.141. The third-order valence-corrected chi connectivity index (χ3v) is 15.8. The van der Waals surface area contributed by atoms with Crippen molar-refractivity contribution in [3.8, 4) is 0 Å². The average Bonchev–Trinajstić information content (AvgIpc) is 1.29. The number of benzene rings is 1. The van der Waals surface area contributed by atoms with Gasteiger partial charge in [-0.3, -0.25) is 72.3 Å². The summed E-state index contributed by atoms with van der Waals surface area (Å²) in [5.74, 6) is -13.3. The Hall–Kier alpha value is -11.2. The smallest absolute Gasteiger partial charge is 0.325 e. The van der Waals surface area contributed by atoms with Gasteiger partial charge in [0.25, 0.3) is 0 Å². The molecule has 104 heavy (non-hydrogen) atoms. The normalized spacial score (nSPS) is 14.2. The fourth-order valence-electron chi connectivity index (χ4n) is 10.2. The number of primary amides is 2. The van der Waals surface area contributed by atoms with Crippen LogP contribution in [0.15, 0.2) is 53.0 Å². The quantitative estimate of drug-likeness (QED) is 0.0142. The maximum absolute atomic E-state index is 14.9. The monoisotopic (exact) mass is 1470 g/mol. The van der Waals surface area contributed by atoms with E-state index in [2.05, 4.69) is 88.7 Å². The molecular formula is C63H103N25O16. The van der Waals surface area contributed by atoms with Crippen LogP contribution < -0.4 is 110 Å². The fraction of sp³-hybridized carbons (Fsp3) is 0.571. The van der Waals surface area contributed by atoms with Gasteiger partial charge in [0.15, 0.2) is 11.9 Å². The summed E-state index contributed by atoms with van der Waals surface area (Å²) in [4.78, 5) is 206. The number of nitrogens with one attached hydrogen (secondary N) is 14. The molecule has 2 aromatic heterocycles. The van der Waals surface area contributed by atoms with Gasteiger partial charge in [0.1, 0.15) is 60.4 Å². The number of guanidine groups is 2. The lowest BCUT2D eigenvalue weighted by atomic mass is 9.99. The minimum Gasteiger partial charge on any atom is -0.480 e. The first-order valence-corrected chi connectivity index (χ1v) is 33.8. The molecule has 0 aliphatic carbocycles. The molecule has 0 saturated heterocycles. The second-order valence-corrected chi connectivity index (χ2v) is 24.9. The summed E-state index contributed by atoms with van der Waals surface area (Å²) in [6.45, 7) is 4.09. The van der Waals surface area contributed by atoms with Crippen LogP contribution in [0.4, 0.5) is 4.79 Å². The van der Waals surface area contributed by atoms with E-state index in [9.17, 15) is 77.3 Å². The van der Waals surface area contributed by atoms with Crippen LogP contribution in [0.3, 0.4) is 0 Å². The van der Waals surface area contributed by atoms with E-state index in [1.807, 2.05) is 0 Å². The average molecular weight is 1470 g/mol. The van der Waals surface area contributed by atoms with Crippen molar-refractivity contribution in [2.75, 3.05) is 39.3 Å². The van der Waals surface area contributed by atoms with Crippen molar-refractivity contribution < 1.29 is 77.3 Å². The third kappa shape index (κ3) is 32.6. The number of hydrogen-bond donors (Lipinski definition) is 24. The van der Waals surface area contributed by atoms with Gasteiger partial charge in [-0.05, 0) is 109 Å². The Bertz CT molecular complexity index is 3430. The number of carboxylic acids is 1. The predicted molar refractivity (Wildman–Crippen MR) is 378 cm³/mol. The molecule has 3 aromatic rings. The second-order valence-electron chi connectivity index (χ2n) is 24.9. The van der Waals surface area contributed by atoms with E-state index in [-0.39, 0.29) is 127 Å². The summed E-state index contributed by atoms with van der Waals surface area (Å²) in [6.07, 6.45) is 3.57. The van der Waals surface area contributed by atoms with Gasteiger partial charge in [-0.15, -0.1) is 0 Å². The molecule has 0 saturated carbocycles. The zero-order chi connectivity index (χ0) is 77.6. The first-order chi connectivity index (χ1) is 49.2. The highest BCUT2D eigenvalue weighted by atomic mass is 16.4. The van der Waals surface area contributed by atoms with E-state index in [1.54, 1.807) is 44.3 Å². The Morgan fingerprint density at radius 1 is 0.519 bits per heavy atom. The maximum Gasteiger partial charge on any atom is 0.325 e. The van der Waals surface area contributed by atoms with Gasteiger partial charge in [-0.1, -0.05) is 32.0 Å². The molecule has 0 unspecified atom stereocenters. The van der Waals surface area contributed by atoms with Gasteiger partial charge < -0.3 is 130 Å². The highest BCUT2D eigenvalue weighted by molar-refractivity contribution is 5.99. The Labute approximate surface area is 599 Å². The third-order valence-electron chi connectivity index (χ3n) is 15.8. The number of hydrogen-bond acceptors (Lipinski definition) is 20. The Morgan fingerprint density at radius 3 is 1.56 bits per heavy atom. The molecule has 3 rings (SSSR count). The number of fused-ring (bicyclic) bond motifs is 1. The number of imidazole rings is 1. The van der Waals surface area contributed by atoms with Crippen molar-refractivity contribution in [3.05, 3.63) is 54.2 Å². The van der Waals surface area contributed by atoms with Crippen LogP contribution in [-0.4, -0.2) is 226 Å². The standard InChI is InChI=1S/C63H103N25O16/c1-32(2)24-45(86-58(100)46(25-35-27-76-39-13-6-5-12-37(35)39)87-55(97)43(17-10-22-74-62(69)70)84-56(98)44(18-19-48(66)90)82-51(93)38(65)26-36-28-72-31-78-36)57(99)83-40(15-11-23-75-63(71)104)52(94)77-29-49(91)81-41(14-7-8-20-64)54(96)88-47(30-89)59(101)85-42(16-9-21-73-61(67)68)53(95)79-33(3)50(92)80-34(4)60(102)103/h5-6,12-13,27-28,31-34,38,40-47,76,89H,7-11,14-26,29-30,64-65H2,1-4H3,(H2,66,90)(H,72,78)(H,77,94)(H,79,95)(H,80,92)(H,81,91)(H,82,93)(H,83,99)(H,84,98)(H,85,101)(H,86,100)(H,87,97)(H,88,96)(H,102,103)(H4,67,68,73)(H4,69,70,74)(H3,71,75,104)/t33-,34-,38-,40-,41-,42-,43-,44-,45-,46-,47-/m0/s1. The number of nitrogens with zero attached hydrogens (tertiary/aromatic N) is 3. The van der Waals surface area contributed by atoms with Gasteiger partial charge >= 0.3 is 12.0 Å². The number of H-pyrrole nitrogens is 2. The summed E-state index contributed by atoms with van der Waals surface area (Å²) in [5.41, 5.74) is 46.3. The lowest BCUT2D eigenvalue weighted by Gasteiger charge is -2.28. The molecule has 41 heteroatoms. The fourth-order valence-corrected chi connectivity index (χ4v) is 10.2. The van der Waals surface area contributed by atoms with Crippen molar-refractivity contribution in [2.24, 2.45) is 61.8 Å². The van der Waals surface area contributed by atoms with Crippen molar-refractivity contribution in [1.29, 1.82) is 0 Å². The number of rotatable bonds is 49. The van der Waals surface area contributed by atoms with E-state index in [4.69, 9.17) is 45.9 Å². The van der Waals surface area contributed by atoms with Crippen LogP contribution in [0.25, 0.3) is 10.9 Å². The topological polar surface area (TPSA) is 701 Å². The summed E-state index contributed by atoms with van der Waals surface area (Å²) in [7, 11) is 0. The highest BCUT2D eigenvalue weighted by Crippen LogP contribution is 2.20. The Balaban J connectivity index is 1.94. The van der Waals surface area contributed by atoms with Crippen LogP contribution in [0, 0.1) is 5.92 Å². The number of amides is 14. The highest BCUT2D eigenvalue weighted by Gasteiger charge is 2.36. The van der Waals surface area contributed by atoms with Crippen LogP contribution >= 0.6 is 0 Å². The number of aliphatic imine (C=N–C) groups is 2. The number of aliphatic carboxylic acids is 1. The number of unbranched alkanes of at least 4 members (excludes halogenated alkanes) is 1. The van der Waals surface area contributed by atoms with Gasteiger partial charge in [0, 0.05) is 67.9 Å². The number of para-hydroxylation sites is 1. The lowest BCUT2D eigenvalue weighted by Crippen LogP contribution is -2.60. The van der Waals surface area contributed by atoms with Crippen molar-refractivity contribution >= 4 is 106 Å². The Kier molecular flexibility index (Phi) is 38.1. The van der Waals surface area contributed by atoms with Crippen molar-refractivity contribution in [2.45, 2.75) is 184 Å². The molecule has 32 N–H and O–H groups in total. The molecule has 0 fully saturated rings. The number of aromatic nitrogens is 3. The molecule has 0 aliphatic heterocycles. The number of aliphatic hydroxyl groups is 1. The van der Waals surface area contributed by atoms with Crippen LogP contribution in [0.1, 0.15) is 116 Å². The predicted octanol–water partition coefficient (Wildman–Crippen LogP) is -7.92. The molecule has 2 heterocycles. The van der Waals surface area contributed by atoms with E-state index < -0.39 is 162 Å². The molecule has 14 amide bonds. The molecular weight excluding hydrogens is 1360 g/mol. The SMILES string of the molecule is CC(C)C[C@H](NC(=O)[C@H](Cc1c[nH]c2ccccc12)NC(=O)[C@H](CCCN=C(N)N)NC(=O)[C@H](CCC(N)=O)NC(=O)[C@@H](N)Cc1cnc[nH]1)C(=O)N[C@@H](CCCNC(N)=O)C(=O)NCC(=O)N[C@@H](CCCCN)C(=O)N[C@@H](CO)C(=O)N[C@@H](CCCN=C(N)N)C(=O)N[C@@H](C)C(=O)N[C@@H](C)C(=O)O. The Morgan fingerprint density at radius 2 is 1.01 bits per heavy atom. The van der Waals surface area contributed by atoms with Gasteiger partial charge in [0.05, 0.1) is 25.5 Å². The number of aliphatic hydroxyl groups excluding tert-OH is 1. The number of aromatic amines is 2. The van der Waals surface area contributed by atoms with Gasteiger partial charge in [-0.2, -0.15) is 0 Å². The van der Waals surface area contributed by atoms with Crippen LogP contribution in [0.5, 0.6) is 0 Å². The number of carbonyl (C=O) groups is 14. The van der Waals surface area contributed by atoms with E-state index in [1.165, 1.54) is 26.4 Å². The summed E-state index contributed by atoms with van der Waals surface area (Å²) in [5, 5.41) is 50.1. The summed E-state index contributed by atoms with van der Waals surface area (Å²) >= 11 is 0. The molecule has 0 aliphatic rings. The first-order valence-electron chi connectivity index (χ1n) is 33.8. The van der Waals surface area contributed by atoms with Crippen LogP contribution in [0.2, 0.25) is 0 Å². The van der Waals surface area contributed by atoms with E-state index >= 15 is 0 Å². The maximum atomic E-state index is 14.9. The van der Waals surface area contributed by atoms with Crippen molar-refractivity contribution in [1.82, 2.24) is 78.8 Å². The molecule has 0 spiro atoms. The number of carboxylic acid groups (broad SMARTS) is 1. The summed E-state index contributed by atoms with van der Waals surface area (Å²) < 4.78 is 0. The minimum atomic E-state index is -1.76. The van der Waals surface area contributed by atoms with Crippen molar-refractivity contribution in [3.63, 3.8) is 0 Å². The van der Waals surface area contributed by atoms with Gasteiger partial charge in [-0.25, -0.2) is 9.78 Å². The molecule has 576 valence electrons. The first kappa shape index (κ1) is 87.0. The minimum absolute atomic E-state index is 0.00543. The van der Waals surface area contributed by atoms with E-state index in [0.29, 0.717) is 28.6 Å². The van der Waals surface area contributed by atoms with Crippen LogP contribution in [-0.2, 0) is 75.2 Å². The zero-order valence-corrected chi connectivity index (χ0v) is 58.7. The van der Waals surface area contributed by atoms with E-state index in [0.717, 1.165) is 0 Å².